The number of hydrogen-bond acceptors (Lipinski definition) is 6. The summed E-state index contributed by atoms with van der Waals surface area (Å²) in [6, 6.07) is 11.5. The van der Waals surface area contributed by atoms with Crippen LogP contribution in [0.4, 0.5) is 5.69 Å². The van der Waals surface area contributed by atoms with Crippen LogP contribution in [-0.2, 0) is 6.61 Å². The molecule has 3 aromatic rings. The second-order valence-electron chi connectivity index (χ2n) is 5.60. The number of methoxy groups -OCH3 is 1. The number of nitrogens with one attached hydrogen (secondary N) is 1. The molecule has 28 heavy (non-hydrogen) atoms. The highest BCUT2D eigenvalue weighted by atomic mass is 35.5. The van der Waals surface area contributed by atoms with Gasteiger partial charge in [-0.15, -0.1) is 11.3 Å². The Morgan fingerprint density at radius 2 is 1.96 bits per heavy atom. The van der Waals surface area contributed by atoms with Crippen LogP contribution in [0.5, 0.6) is 11.5 Å². The van der Waals surface area contributed by atoms with Crippen molar-refractivity contribution in [3.8, 4) is 11.5 Å². The van der Waals surface area contributed by atoms with Gasteiger partial charge in [0.15, 0.2) is 0 Å². The molecule has 1 aromatic heterocycles. The van der Waals surface area contributed by atoms with Crippen LogP contribution < -0.4 is 20.5 Å². The minimum absolute atomic E-state index is 0.222. The third kappa shape index (κ3) is 4.79. The molecule has 0 aliphatic rings. The Kier molecular flexibility index (Phi) is 6.13. The molecule has 0 aliphatic carbocycles. The molecule has 0 aliphatic heterocycles. The predicted octanol–water partition coefficient (Wildman–Crippen LogP) is 3.74. The van der Waals surface area contributed by atoms with Crippen molar-refractivity contribution in [2.24, 2.45) is 5.73 Å². The maximum absolute atomic E-state index is 12.5. The number of carbonyl (C=O) groups excluding carboxylic acids is 2. The summed E-state index contributed by atoms with van der Waals surface area (Å²) in [6.07, 6.45) is 0. The molecule has 2 amide bonds. The maximum atomic E-state index is 12.5. The highest BCUT2D eigenvalue weighted by Crippen LogP contribution is 2.26. The van der Waals surface area contributed by atoms with Crippen molar-refractivity contribution in [1.29, 1.82) is 0 Å². The van der Waals surface area contributed by atoms with Crippen molar-refractivity contribution in [2.45, 2.75) is 6.61 Å². The van der Waals surface area contributed by atoms with E-state index in [4.69, 9.17) is 26.8 Å². The van der Waals surface area contributed by atoms with Crippen LogP contribution in [0.25, 0.3) is 0 Å². The monoisotopic (exact) mass is 417 g/mol. The number of anilines is 1. The molecule has 9 heteroatoms. The number of carbonyl (C=O) groups is 2. The Balaban J connectivity index is 1.68. The van der Waals surface area contributed by atoms with Gasteiger partial charge in [-0.25, -0.2) is 4.98 Å². The van der Waals surface area contributed by atoms with E-state index >= 15 is 0 Å². The Morgan fingerprint density at radius 1 is 1.21 bits per heavy atom. The summed E-state index contributed by atoms with van der Waals surface area (Å²) in [6.45, 7) is 0.222. The van der Waals surface area contributed by atoms with Crippen molar-refractivity contribution in [3.05, 3.63) is 69.1 Å². The molecule has 1 heterocycles. The molecular formula is C19H16ClN3O4S. The second-order valence-corrected chi connectivity index (χ2v) is 6.98. The van der Waals surface area contributed by atoms with Gasteiger partial charge >= 0.3 is 0 Å². The number of aromatic nitrogens is 1. The summed E-state index contributed by atoms with van der Waals surface area (Å²) >= 11 is 7.14. The minimum Gasteiger partial charge on any atom is -0.495 e. The third-order valence-corrected chi connectivity index (χ3v) is 4.77. The average molecular weight is 418 g/mol. The number of hydrogen-bond donors (Lipinski definition) is 2. The first-order valence-corrected chi connectivity index (χ1v) is 9.34. The molecule has 3 N–H and O–H groups in total. The number of primary amides is 1. The number of halogens is 1. The van der Waals surface area contributed by atoms with Gasteiger partial charge in [-0.1, -0.05) is 11.6 Å². The fourth-order valence-corrected chi connectivity index (χ4v) is 3.11. The highest BCUT2D eigenvalue weighted by Gasteiger charge is 2.15. The SMILES string of the molecule is COc1ccc(C(N)=O)cc1NC(=O)c1csc(COc2ccc(Cl)cc2)n1. The van der Waals surface area contributed by atoms with Gasteiger partial charge in [-0.3, -0.25) is 9.59 Å². The second kappa shape index (κ2) is 8.73. The molecule has 0 saturated carbocycles. The molecule has 0 radical (unpaired) electrons. The molecule has 0 saturated heterocycles. The Bertz CT molecular complexity index is 1000. The van der Waals surface area contributed by atoms with Crippen LogP contribution in [0.3, 0.4) is 0 Å². The number of nitrogens with zero attached hydrogens (tertiary/aromatic N) is 1. The zero-order valence-corrected chi connectivity index (χ0v) is 16.3. The lowest BCUT2D eigenvalue weighted by Crippen LogP contribution is -2.15. The van der Waals surface area contributed by atoms with Crippen molar-refractivity contribution < 1.29 is 19.1 Å². The van der Waals surface area contributed by atoms with Crippen LogP contribution in [0.1, 0.15) is 25.9 Å². The van der Waals surface area contributed by atoms with E-state index in [0.717, 1.165) is 0 Å². The predicted molar refractivity (Wildman–Crippen MR) is 107 cm³/mol. The molecule has 0 unspecified atom stereocenters. The normalized spacial score (nSPS) is 10.4. The summed E-state index contributed by atoms with van der Waals surface area (Å²) in [4.78, 5) is 28.1. The van der Waals surface area contributed by atoms with E-state index in [1.165, 1.54) is 30.6 Å². The molecule has 3 rings (SSSR count). The van der Waals surface area contributed by atoms with Crippen LogP contribution in [0.2, 0.25) is 5.02 Å². The van der Waals surface area contributed by atoms with Crippen LogP contribution in [-0.4, -0.2) is 23.9 Å². The molecule has 144 valence electrons. The van der Waals surface area contributed by atoms with E-state index in [-0.39, 0.29) is 17.9 Å². The van der Waals surface area contributed by atoms with Gasteiger partial charge < -0.3 is 20.5 Å². The lowest BCUT2D eigenvalue weighted by Gasteiger charge is -2.10. The molecule has 0 bridgehead atoms. The first-order valence-electron chi connectivity index (χ1n) is 8.08. The fraction of sp³-hybridized carbons (Fsp3) is 0.105. The zero-order chi connectivity index (χ0) is 20.1. The number of benzene rings is 2. The highest BCUT2D eigenvalue weighted by molar-refractivity contribution is 7.09. The lowest BCUT2D eigenvalue weighted by molar-refractivity contribution is 0.0995. The lowest BCUT2D eigenvalue weighted by atomic mass is 10.1. The van der Waals surface area contributed by atoms with Crippen LogP contribution >= 0.6 is 22.9 Å². The summed E-state index contributed by atoms with van der Waals surface area (Å²) in [5.74, 6) is 0.0147. The first kappa shape index (κ1) is 19.7. The Morgan fingerprint density at radius 3 is 2.64 bits per heavy atom. The van der Waals surface area contributed by atoms with Crippen LogP contribution in [0, 0.1) is 0 Å². The first-order chi connectivity index (χ1) is 13.5. The number of ether oxygens (including phenoxy) is 2. The van der Waals surface area contributed by atoms with Crippen molar-refractivity contribution in [3.63, 3.8) is 0 Å². The van der Waals surface area contributed by atoms with E-state index in [2.05, 4.69) is 10.3 Å². The Hall–Kier alpha value is -3.10. The standard InChI is InChI=1S/C19H16ClN3O4S/c1-26-16-7-2-11(18(21)24)8-14(16)23-19(25)15-10-28-17(22-15)9-27-13-5-3-12(20)4-6-13/h2-8,10H,9H2,1H3,(H2,21,24)(H,23,25). The average Bonchev–Trinajstić information content (AvgIpc) is 3.16. The maximum Gasteiger partial charge on any atom is 0.275 e. The number of thiazole rings is 1. The molecular weight excluding hydrogens is 402 g/mol. The van der Waals surface area contributed by atoms with E-state index in [1.807, 2.05) is 0 Å². The van der Waals surface area contributed by atoms with E-state index in [9.17, 15) is 9.59 Å². The van der Waals surface area contributed by atoms with Gasteiger partial charge in [0.1, 0.15) is 28.8 Å². The van der Waals surface area contributed by atoms with Gasteiger partial charge in [0, 0.05) is 16.0 Å². The Labute approximate surface area is 170 Å². The van der Waals surface area contributed by atoms with E-state index in [1.54, 1.807) is 35.7 Å². The van der Waals surface area contributed by atoms with Gasteiger partial charge in [-0.2, -0.15) is 0 Å². The number of rotatable bonds is 7. The van der Waals surface area contributed by atoms with Crippen molar-refractivity contribution in [1.82, 2.24) is 4.98 Å². The van der Waals surface area contributed by atoms with Gasteiger partial charge in [0.2, 0.25) is 5.91 Å². The largest absolute Gasteiger partial charge is 0.495 e. The fourth-order valence-electron chi connectivity index (χ4n) is 2.30. The summed E-state index contributed by atoms with van der Waals surface area (Å²) in [5.41, 5.74) is 6.10. The quantitative estimate of drug-likeness (QED) is 0.609. The minimum atomic E-state index is -0.603. The summed E-state index contributed by atoms with van der Waals surface area (Å²) < 4.78 is 10.8. The topological polar surface area (TPSA) is 104 Å². The summed E-state index contributed by atoms with van der Waals surface area (Å²) in [5, 5.41) is 5.57. The van der Waals surface area contributed by atoms with E-state index in [0.29, 0.717) is 27.2 Å². The van der Waals surface area contributed by atoms with Crippen LogP contribution in [0.15, 0.2) is 47.8 Å². The van der Waals surface area contributed by atoms with Gasteiger partial charge in [-0.05, 0) is 42.5 Å². The third-order valence-electron chi connectivity index (χ3n) is 3.69. The summed E-state index contributed by atoms with van der Waals surface area (Å²) in [7, 11) is 1.46. The zero-order valence-electron chi connectivity index (χ0n) is 14.8. The number of nitrogens with two attached hydrogens (primary N) is 1. The number of amides is 2. The van der Waals surface area contributed by atoms with Crippen molar-refractivity contribution >= 4 is 40.4 Å². The molecule has 2 aromatic carbocycles. The molecule has 0 spiro atoms. The van der Waals surface area contributed by atoms with E-state index < -0.39 is 11.8 Å². The molecule has 0 atom stereocenters. The van der Waals surface area contributed by atoms with Gasteiger partial charge in [0.05, 0.1) is 12.8 Å². The van der Waals surface area contributed by atoms with Crippen molar-refractivity contribution in [2.75, 3.05) is 12.4 Å². The molecule has 0 fully saturated rings. The molecule has 7 nitrogen and oxygen atoms in total. The smallest absolute Gasteiger partial charge is 0.275 e. The van der Waals surface area contributed by atoms with Gasteiger partial charge in [0.25, 0.3) is 5.91 Å².